The molecule has 0 aromatic carbocycles. The molecule has 0 atom stereocenters. The van der Waals surface area contributed by atoms with Crippen molar-refractivity contribution in [3.8, 4) is 0 Å². The molecule has 0 aromatic rings. The van der Waals surface area contributed by atoms with E-state index in [0.29, 0.717) is 0 Å². The van der Waals surface area contributed by atoms with Crippen molar-refractivity contribution in [3.63, 3.8) is 0 Å². The van der Waals surface area contributed by atoms with Gasteiger partial charge in [0.1, 0.15) is 0 Å². The van der Waals surface area contributed by atoms with Crippen molar-refractivity contribution in [2.75, 3.05) is 0 Å². The van der Waals surface area contributed by atoms with Gasteiger partial charge in [0.15, 0.2) is 17.4 Å². The van der Waals surface area contributed by atoms with Crippen molar-refractivity contribution in [2.45, 2.75) is 0 Å². The molecule has 0 saturated heterocycles. The topological polar surface area (TPSA) is 0 Å². The molecule has 5 heteroatoms. The van der Waals surface area contributed by atoms with Gasteiger partial charge in [0.2, 0.25) is 0 Å². The van der Waals surface area contributed by atoms with E-state index < -0.39 is 0 Å². The standard InChI is InChI=1S/Al.Ca.Fe.H2S.H4Si.5H/h;;;1H2;1H4;;;;;. The van der Waals surface area contributed by atoms with Gasteiger partial charge in [-0.3, -0.25) is 0 Å². The summed E-state index contributed by atoms with van der Waals surface area (Å²) in [5.41, 5.74) is 0. The molecule has 0 fully saturated rings. The van der Waals surface area contributed by atoms with Crippen LogP contribution in [0.4, 0.5) is 0 Å². The second-order valence-corrected chi connectivity index (χ2v) is 0. The van der Waals surface area contributed by atoms with Crippen LogP contribution in [0.1, 0.15) is 0 Å². The Balaban J connectivity index is 0. The van der Waals surface area contributed by atoms with Gasteiger partial charge >= 0.3 is 37.7 Å². The first-order chi connectivity index (χ1) is 0. The summed E-state index contributed by atoms with van der Waals surface area (Å²) >= 11 is 0. The van der Waals surface area contributed by atoms with Crippen molar-refractivity contribution in [1.82, 2.24) is 0 Å². The Labute approximate surface area is 94.9 Å². The smallest absolute Gasteiger partial charge is 0 e. The predicted molar refractivity (Wildman–Crippen MR) is 40.2 cm³/mol. The summed E-state index contributed by atoms with van der Waals surface area (Å²) in [7, 11) is 0. The Morgan fingerprint density at radius 2 is 1.00 bits per heavy atom. The molecule has 0 aromatic heterocycles. The molecule has 0 rings (SSSR count). The van der Waals surface area contributed by atoms with E-state index in [1.807, 2.05) is 0 Å². The largest absolute Gasteiger partial charge is 0.0149 e. The third kappa shape index (κ3) is 19.8. The molecule has 0 amide bonds. The van der Waals surface area contributed by atoms with E-state index in [-0.39, 0.29) is 96.6 Å². The first kappa shape index (κ1) is 45.0. The van der Waals surface area contributed by atoms with Gasteiger partial charge in [0, 0.05) is 17.1 Å². The molecular formula is H11AlCaFeSSi. The van der Waals surface area contributed by atoms with E-state index in [1.54, 1.807) is 0 Å². The Morgan fingerprint density at radius 3 is 1.00 bits per heavy atom. The van der Waals surface area contributed by atoms with E-state index in [9.17, 15) is 0 Å². The molecule has 0 aliphatic carbocycles. The molecule has 0 bridgehead atoms. The number of rotatable bonds is 0. The summed E-state index contributed by atoms with van der Waals surface area (Å²) in [6, 6.07) is 0. The molecule has 0 aliphatic rings. The van der Waals surface area contributed by atoms with Gasteiger partial charge in [-0.2, -0.15) is 13.5 Å². The number of hydrogen-bond donors (Lipinski definition) is 0. The Kier molecular flexibility index (Phi) is 258. The van der Waals surface area contributed by atoms with Gasteiger partial charge < -0.3 is 0 Å². The fourth-order valence-corrected chi connectivity index (χ4v) is 0. The van der Waals surface area contributed by atoms with E-state index in [1.165, 1.54) is 0 Å². The minimum atomic E-state index is 0. The van der Waals surface area contributed by atoms with Crippen molar-refractivity contribution in [2.24, 2.45) is 0 Å². The van der Waals surface area contributed by atoms with Gasteiger partial charge in [-0.1, -0.05) is 0 Å². The van der Waals surface area contributed by atoms with Crippen LogP contribution >= 0.6 is 13.5 Å². The van der Waals surface area contributed by atoms with Crippen LogP contribution in [0.2, 0.25) is 0 Å². The molecule has 0 heterocycles. The van der Waals surface area contributed by atoms with Crippen LogP contribution in [0.3, 0.4) is 0 Å². The third-order valence-corrected chi connectivity index (χ3v) is 0. The monoisotopic (exact) mass is 194 g/mol. The molecule has 0 aliphatic heterocycles. The van der Waals surface area contributed by atoms with Crippen LogP contribution in [-0.2, 0) is 17.1 Å². The quantitative estimate of drug-likeness (QED) is 0.352. The predicted octanol–water partition coefficient (Wildman–Crippen LogP) is -3.44. The SMILES string of the molecule is S.[AlH3].[CaH2].[Fe].[SiH4]. The molecule has 0 spiro atoms. The van der Waals surface area contributed by atoms with Crippen molar-refractivity contribution in [1.29, 1.82) is 0 Å². The Bertz CT molecular complexity index is 11.6. The van der Waals surface area contributed by atoms with Crippen molar-refractivity contribution >= 4 is 79.6 Å². The van der Waals surface area contributed by atoms with E-state index in [0.717, 1.165) is 0 Å². The maximum atomic E-state index is 0. The summed E-state index contributed by atoms with van der Waals surface area (Å²) in [5, 5.41) is 0. The van der Waals surface area contributed by atoms with E-state index >= 15 is 0 Å². The van der Waals surface area contributed by atoms with Crippen LogP contribution in [0, 0.1) is 0 Å². The van der Waals surface area contributed by atoms with Crippen LogP contribution in [-0.4, -0.2) is 66.1 Å². The van der Waals surface area contributed by atoms with Crippen LogP contribution in [0.25, 0.3) is 0 Å². The van der Waals surface area contributed by atoms with E-state index in [4.69, 9.17) is 0 Å². The molecule has 0 saturated carbocycles. The molecule has 5 heavy (non-hydrogen) atoms. The second kappa shape index (κ2) is 28.7. The van der Waals surface area contributed by atoms with Gasteiger partial charge in [-0.25, -0.2) is 0 Å². The second-order valence-electron chi connectivity index (χ2n) is 0. The zero-order chi connectivity index (χ0) is 0. The molecule has 0 radical (unpaired) electrons. The maximum absolute atomic E-state index is 0. The average Bonchev–Trinajstić information content (AvgIpc) is 0. The third-order valence-electron chi connectivity index (χ3n) is 0. The van der Waals surface area contributed by atoms with Gasteiger partial charge in [-0.15, -0.1) is 0 Å². The fraction of sp³-hybridized carbons (Fsp3) is 0. The normalized spacial score (nSPS) is 0. The first-order valence-electron chi connectivity index (χ1n) is 0. The maximum Gasteiger partial charge on any atom is 0 e. The summed E-state index contributed by atoms with van der Waals surface area (Å²) in [6.45, 7) is 0. The van der Waals surface area contributed by atoms with Gasteiger partial charge in [0.25, 0.3) is 0 Å². The van der Waals surface area contributed by atoms with Gasteiger partial charge in [0.05, 0.1) is 0 Å². The number of hydrogen-bond acceptors (Lipinski definition) is 0. The Hall–Kier alpha value is 2.88. The molecule has 0 nitrogen and oxygen atoms in total. The van der Waals surface area contributed by atoms with Gasteiger partial charge in [-0.05, 0) is 11.0 Å². The molecule has 0 N–H and O–H groups in total. The summed E-state index contributed by atoms with van der Waals surface area (Å²) in [5.74, 6) is 0. The van der Waals surface area contributed by atoms with Crippen LogP contribution in [0.15, 0.2) is 0 Å². The van der Waals surface area contributed by atoms with Crippen LogP contribution < -0.4 is 0 Å². The summed E-state index contributed by atoms with van der Waals surface area (Å²) in [6.07, 6.45) is 0. The minimum absolute atomic E-state index is 0. The fourth-order valence-electron chi connectivity index (χ4n) is 0. The minimum Gasteiger partial charge on any atom is -0.0149 e. The van der Waals surface area contributed by atoms with Crippen LogP contribution in [0.5, 0.6) is 0 Å². The zero-order valence-electron chi connectivity index (χ0n) is 0.854. The van der Waals surface area contributed by atoms with Crippen molar-refractivity contribution < 1.29 is 17.1 Å². The van der Waals surface area contributed by atoms with E-state index in [2.05, 4.69) is 0 Å². The summed E-state index contributed by atoms with van der Waals surface area (Å²) in [4.78, 5) is 0. The van der Waals surface area contributed by atoms with Crippen molar-refractivity contribution in [3.05, 3.63) is 0 Å². The molecule has 34 valence electrons. The molecule has 0 unspecified atom stereocenters. The average molecular weight is 194 g/mol. The summed E-state index contributed by atoms with van der Waals surface area (Å²) < 4.78 is 0. The first-order valence-corrected chi connectivity index (χ1v) is 0. The zero-order valence-corrected chi connectivity index (χ0v) is 2.96. The molecular weight excluding hydrogens is 183 g/mol. The Morgan fingerprint density at radius 1 is 1.00 bits per heavy atom.